The van der Waals surface area contributed by atoms with Crippen molar-refractivity contribution in [3.05, 3.63) is 58.1 Å². The first-order valence-electron chi connectivity index (χ1n) is 9.18. The minimum Gasteiger partial charge on any atom is -0.444 e. The highest BCUT2D eigenvalue weighted by molar-refractivity contribution is 9.10. The molecule has 0 unspecified atom stereocenters. The highest BCUT2D eigenvalue weighted by atomic mass is 79.9. The van der Waals surface area contributed by atoms with E-state index in [2.05, 4.69) is 15.9 Å². The number of hydrogen-bond donors (Lipinski definition) is 0. The average molecular weight is 465 g/mol. The Morgan fingerprint density at radius 2 is 1.75 bits per heavy atom. The number of aryl methyl sites for hydroxylation is 1. The normalized spacial score (nSPS) is 18.6. The lowest BCUT2D eigenvalue weighted by molar-refractivity contribution is 0.135. The number of halogens is 1. The van der Waals surface area contributed by atoms with E-state index in [1.165, 1.54) is 4.31 Å². The summed E-state index contributed by atoms with van der Waals surface area (Å²) in [5.74, 6) is 0. The summed E-state index contributed by atoms with van der Waals surface area (Å²) in [7, 11) is -3.54. The molecule has 0 spiro atoms. The molecule has 0 saturated carbocycles. The Balaban J connectivity index is 1.54. The lowest BCUT2D eigenvalue weighted by Crippen LogP contribution is -2.50. The number of ether oxygens (including phenoxy) is 1. The molecule has 1 amide bonds. The van der Waals surface area contributed by atoms with Gasteiger partial charge in [0.1, 0.15) is 6.61 Å². The third kappa shape index (κ3) is 3.44. The average Bonchev–Trinajstić information content (AvgIpc) is 2.69. The molecule has 0 aliphatic carbocycles. The van der Waals surface area contributed by atoms with Crippen molar-refractivity contribution in [1.29, 1.82) is 0 Å². The van der Waals surface area contributed by atoms with Crippen molar-refractivity contribution in [2.45, 2.75) is 37.3 Å². The van der Waals surface area contributed by atoms with E-state index in [0.717, 1.165) is 21.3 Å². The quantitative estimate of drug-likeness (QED) is 0.686. The first kappa shape index (κ1) is 19.4. The molecule has 4 rings (SSSR count). The number of cyclic esters (lactones) is 1. The first-order valence-corrected chi connectivity index (χ1v) is 11.4. The molecule has 2 aliphatic rings. The van der Waals surface area contributed by atoms with Crippen molar-refractivity contribution in [3.8, 4) is 0 Å². The van der Waals surface area contributed by atoms with E-state index < -0.39 is 10.0 Å². The van der Waals surface area contributed by atoms with Crippen molar-refractivity contribution < 1.29 is 17.9 Å². The number of piperidine rings is 1. The number of carbonyl (C=O) groups is 1. The van der Waals surface area contributed by atoms with Crippen molar-refractivity contribution in [1.82, 2.24) is 4.31 Å². The molecule has 2 aromatic carbocycles. The van der Waals surface area contributed by atoms with E-state index in [1.807, 2.05) is 25.1 Å². The third-order valence-corrected chi connectivity index (χ3v) is 7.79. The molecule has 0 N–H and O–H groups in total. The predicted octanol–water partition coefficient (Wildman–Crippen LogP) is 4.07. The number of carbonyl (C=O) groups excluding carboxylic acids is 1. The molecule has 8 heteroatoms. The van der Waals surface area contributed by atoms with E-state index >= 15 is 0 Å². The molecule has 2 aliphatic heterocycles. The summed E-state index contributed by atoms with van der Waals surface area (Å²) < 4.78 is 33.5. The molecule has 28 heavy (non-hydrogen) atoms. The molecule has 148 valence electrons. The molecule has 1 fully saturated rings. The number of rotatable bonds is 3. The summed E-state index contributed by atoms with van der Waals surface area (Å²) in [4.78, 5) is 14.5. The SMILES string of the molecule is Cc1cccc2c1N(C1CCN(S(=O)(=O)c3ccc(Br)cc3)CC1)C(=O)OC2. The molecule has 2 aromatic rings. The Morgan fingerprint density at radius 1 is 1.07 bits per heavy atom. The van der Waals surface area contributed by atoms with Crippen molar-refractivity contribution in [2.24, 2.45) is 0 Å². The van der Waals surface area contributed by atoms with Gasteiger partial charge in [0.15, 0.2) is 0 Å². The van der Waals surface area contributed by atoms with E-state index in [9.17, 15) is 13.2 Å². The molecular formula is C20H21BrN2O4S. The maximum atomic E-state index is 12.9. The van der Waals surface area contributed by atoms with Gasteiger partial charge in [0.2, 0.25) is 10.0 Å². The van der Waals surface area contributed by atoms with Crippen molar-refractivity contribution >= 4 is 37.7 Å². The van der Waals surface area contributed by atoms with Gasteiger partial charge in [-0.1, -0.05) is 34.1 Å². The van der Waals surface area contributed by atoms with Crippen LogP contribution in [-0.4, -0.2) is 37.9 Å². The predicted molar refractivity (Wildman–Crippen MR) is 110 cm³/mol. The standard InChI is InChI=1S/C20H21BrN2O4S/c1-14-3-2-4-15-13-27-20(24)23(19(14)15)17-9-11-22(12-10-17)28(25,26)18-7-5-16(21)6-8-18/h2-8,17H,9-13H2,1H3. The molecule has 0 aromatic heterocycles. The number of para-hydroxylation sites is 1. The van der Waals surface area contributed by atoms with Gasteiger partial charge in [0.05, 0.1) is 10.6 Å². The molecule has 1 saturated heterocycles. The van der Waals surface area contributed by atoms with Crippen LogP contribution in [0.3, 0.4) is 0 Å². The summed E-state index contributed by atoms with van der Waals surface area (Å²) in [6.07, 6.45) is 0.785. The zero-order valence-corrected chi connectivity index (χ0v) is 17.9. The highest BCUT2D eigenvalue weighted by Crippen LogP contribution is 2.35. The van der Waals surface area contributed by atoms with Crippen LogP contribution < -0.4 is 4.90 Å². The van der Waals surface area contributed by atoms with Gasteiger partial charge in [-0.2, -0.15) is 4.31 Å². The zero-order chi connectivity index (χ0) is 19.9. The Morgan fingerprint density at radius 3 is 2.43 bits per heavy atom. The molecule has 0 atom stereocenters. The van der Waals surface area contributed by atoms with Gasteiger partial charge < -0.3 is 4.74 Å². The van der Waals surface area contributed by atoms with Crippen molar-refractivity contribution in [3.63, 3.8) is 0 Å². The monoisotopic (exact) mass is 464 g/mol. The number of nitrogens with zero attached hydrogens (tertiary/aromatic N) is 2. The van der Waals surface area contributed by atoms with Crippen LogP contribution in [-0.2, 0) is 21.4 Å². The number of fused-ring (bicyclic) bond motifs is 1. The Kier molecular flexibility index (Phi) is 5.20. The van der Waals surface area contributed by atoms with Crippen LogP contribution in [0.15, 0.2) is 51.8 Å². The second-order valence-corrected chi connectivity index (χ2v) is 9.95. The van der Waals surface area contributed by atoms with Crippen LogP contribution in [0.5, 0.6) is 0 Å². The highest BCUT2D eigenvalue weighted by Gasteiger charge is 2.37. The molecule has 6 nitrogen and oxygen atoms in total. The fourth-order valence-corrected chi connectivity index (χ4v) is 5.64. The summed E-state index contributed by atoms with van der Waals surface area (Å²) in [6.45, 7) is 3.00. The van der Waals surface area contributed by atoms with Gasteiger partial charge in [-0.05, 0) is 49.6 Å². The van der Waals surface area contributed by atoms with Gasteiger partial charge in [0.25, 0.3) is 0 Å². The first-order chi connectivity index (χ1) is 13.4. The van der Waals surface area contributed by atoms with E-state index in [0.29, 0.717) is 25.9 Å². The fourth-order valence-electron chi connectivity index (χ4n) is 3.91. The lowest BCUT2D eigenvalue weighted by Gasteiger charge is -2.40. The summed E-state index contributed by atoms with van der Waals surface area (Å²) in [6, 6.07) is 12.5. The van der Waals surface area contributed by atoms with Crippen molar-refractivity contribution in [2.75, 3.05) is 18.0 Å². The fraction of sp³-hybridized carbons (Fsp3) is 0.350. The second-order valence-electron chi connectivity index (χ2n) is 7.10. The van der Waals surface area contributed by atoms with Gasteiger partial charge in [-0.3, -0.25) is 4.90 Å². The Bertz CT molecular complexity index is 999. The molecule has 0 radical (unpaired) electrons. The van der Waals surface area contributed by atoms with Gasteiger partial charge >= 0.3 is 6.09 Å². The maximum absolute atomic E-state index is 12.9. The number of sulfonamides is 1. The van der Waals surface area contributed by atoms with E-state index in [-0.39, 0.29) is 23.6 Å². The Labute approximate surface area is 173 Å². The summed E-state index contributed by atoms with van der Waals surface area (Å²) >= 11 is 3.33. The van der Waals surface area contributed by atoms with Crippen LogP contribution in [0.25, 0.3) is 0 Å². The summed E-state index contributed by atoms with van der Waals surface area (Å²) in [5.41, 5.74) is 2.93. The number of hydrogen-bond acceptors (Lipinski definition) is 4. The van der Waals surface area contributed by atoms with Crippen LogP contribution in [0.1, 0.15) is 24.0 Å². The minimum absolute atomic E-state index is 0.0796. The lowest BCUT2D eigenvalue weighted by atomic mass is 10.00. The number of benzene rings is 2. The molecule has 2 heterocycles. The van der Waals surface area contributed by atoms with Crippen LogP contribution in [0, 0.1) is 6.92 Å². The van der Waals surface area contributed by atoms with Crippen LogP contribution in [0.2, 0.25) is 0 Å². The maximum Gasteiger partial charge on any atom is 0.414 e. The van der Waals surface area contributed by atoms with Gasteiger partial charge in [-0.15, -0.1) is 0 Å². The number of amides is 1. The van der Waals surface area contributed by atoms with E-state index in [4.69, 9.17) is 4.74 Å². The van der Waals surface area contributed by atoms with Crippen LogP contribution in [0.4, 0.5) is 10.5 Å². The Hall–Kier alpha value is -1.90. The number of anilines is 1. The molecule has 0 bridgehead atoms. The largest absolute Gasteiger partial charge is 0.444 e. The van der Waals surface area contributed by atoms with Crippen LogP contribution >= 0.6 is 15.9 Å². The zero-order valence-electron chi connectivity index (χ0n) is 15.5. The van der Waals surface area contributed by atoms with Gasteiger partial charge in [-0.25, -0.2) is 13.2 Å². The summed E-state index contributed by atoms with van der Waals surface area (Å²) in [5, 5.41) is 0. The van der Waals surface area contributed by atoms with Gasteiger partial charge in [0, 0.05) is 29.2 Å². The molecular weight excluding hydrogens is 444 g/mol. The topological polar surface area (TPSA) is 66.9 Å². The smallest absolute Gasteiger partial charge is 0.414 e. The third-order valence-electron chi connectivity index (χ3n) is 5.35. The van der Waals surface area contributed by atoms with E-state index in [1.54, 1.807) is 29.2 Å². The second kappa shape index (κ2) is 7.50. The minimum atomic E-state index is -3.54.